The van der Waals surface area contributed by atoms with Crippen molar-refractivity contribution < 1.29 is 5.11 Å². The zero-order chi connectivity index (χ0) is 19.1. The maximum absolute atomic E-state index is 9.07. The van der Waals surface area contributed by atoms with Crippen molar-refractivity contribution in [2.24, 2.45) is 0 Å². The molecule has 4 aromatic rings. The SMILES string of the molecule is CC(c1ccc2ncsc2c1)N1NNc2ncc(-c3cnn(CCO)c3)nc21. The van der Waals surface area contributed by atoms with Crippen LogP contribution in [0.2, 0.25) is 0 Å². The molecule has 0 amide bonds. The molecular formula is C18H18N8OS. The highest BCUT2D eigenvalue weighted by atomic mass is 32.1. The highest BCUT2D eigenvalue weighted by Gasteiger charge is 2.28. The molecule has 0 bridgehead atoms. The van der Waals surface area contributed by atoms with Gasteiger partial charge in [0, 0.05) is 11.8 Å². The average Bonchev–Trinajstić information content (AvgIpc) is 3.45. The minimum absolute atomic E-state index is 0.0295. The Hall–Kier alpha value is -3.08. The van der Waals surface area contributed by atoms with Gasteiger partial charge in [-0.2, -0.15) is 5.10 Å². The molecule has 0 fully saturated rings. The van der Waals surface area contributed by atoms with Crippen LogP contribution >= 0.6 is 11.3 Å². The van der Waals surface area contributed by atoms with E-state index in [9.17, 15) is 0 Å². The fraction of sp³-hybridized carbons (Fsp3) is 0.222. The van der Waals surface area contributed by atoms with E-state index < -0.39 is 0 Å². The first-order chi connectivity index (χ1) is 13.7. The molecular weight excluding hydrogens is 376 g/mol. The Balaban J connectivity index is 1.47. The summed E-state index contributed by atoms with van der Waals surface area (Å²) in [6.45, 7) is 2.60. The van der Waals surface area contributed by atoms with Gasteiger partial charge in [0.15, 0.2) is 11.6 Å². The number of hydrazine groups is 2. The molecule has 1 unspecified atom stereocenters. The molecule has 28 heavy (non-hydrogen) atoms. The van der Waals surface area contributed by atoms with E-state index in [1.54, 1.807) is 28.4 Å². The molecule has 0 spiro atoms. The first-order valence-corrected chi connectivity index (χ1v) is 9.75. The number of aromatic nitrogens is 5. The van der Waals surface area contributed by atoms with Crippen molar-refractivity contribution in [3.8, 4) is 11.3 Å². The number of nitrogens with zero attached hydrogens (tertiary/aromatic N) is 6. The third-order valence-corrected chi connectivity index (χ3v) is 5.55. The summed E-state index contributed by atoms with van der Waals surface area (Å²) < 4.78 is 2.85. The van der Waals surface area contributed by atoms with Gasteiger partial charge in [0.25, 0.3) is 0 Å². The third kappa shape index (κ3) is 2.87. The molecule has 5 rings (SSSR count). The summed E-state index contributed by atoms with van der Waals surface area (Å²) in [4.78, 5) is 13.6. The molecule has 0 saturated carbocycles. The maximum atomic E-state index is 9.07. The van der Waals surface area contributed by atoms with Crippen LogP contribution in [0.15, 0.2) is 42.3 Å². The van der Waals surface area contributed by atoms with Crippen LogP contribution in [-0.2, 0) is 6.54 Å². The van der Waals surface area contributed by atoms with E-state index in [1.165, 1.54) is 0 Å². The van der Waals surface area contributed by atoms with E-state index >= 15 is 0 Å². The highest BCUT2D eigenvalue weighted by Crippen LogP contribution is 2.34. The van der Waals surface area contributed by atoms with Gasteiger partial charge in [-0.25, -0.2) is 15.0 Å². The van der Waals surface area contributed by atoms with Crippen molar-refractivity contribution >= 4 is 33.2 Å². The van der Waals surface area contributed by atoms with E-state index in [1.807, 2.05) is 22.8 Å². The Morgan fingerprint density at radius 3 is 3.07 bits per heavy atom. The Kier molecular flexibility index (Phi) is 4.15. The van der Waals surface area contributed by atoms with Gasteiger partial charge in [-0.15, -0.1) is 16.9 Å². The average molecular weight is 394 g/mol. The predicted molar refractivity (Wildman–Crippen MR) is 108 cm³/mol. The van der Waals surface area contributed by atoms with Crippen LogP contribution in [0.25, 0.3) is 21.5 Å². The predicted octanol–water partition coefficient (Wildman–Crippen LogP) is 2.35. The molecule has 10 heteroatoms. The van der Waals surface area contributed by atoms with Crippen molar-refractivity contribution in [2.45, 2.75) is 19.5 Å². The van der Waals surface area contributed by atoms with Crippen molar-refractivity contribution in [3.63, 3.8) is 0 Å². The molecule has 3 N–H and O–H groups in total. The number of aliphatic hydroxyl groups is 1. The summed E-state index contributed by atoms with van der Waals surface area (Å²) in [6.07, 6.45) is 5.30. The maximum Gasteiger partial charge on any atom is 0.190 e. The monoisotopic (exact) mass is 394 g/mol. The Bertz CT molecular complexity index is 1140. The standard InChI is InChI=1S/C18H18N8OS/c1-11(12-2-3-14-16(6-12)28-10-20-14)26-18-17(23-24-26)19-8-15(22-18)13-7-21-25(9-13)4-5-27/h2-3,6-11,24,27H,4-5H2,1H3,(H,19,23). The number of aliphatic hydroxyl groups excluding tert-OH is 1. The summed E-state index contributed by atoms with van der Waals surface area (Å²) in [7, 11) is 0. The molecule has 0 saturated heterocycles. The van der Waals surface area contributed by atoms with E-state index in [0.717, 1.165) is 32.9 Å². The summed E-state index contributed by atoms with van der Waals surface area (Å²) in [5.74, 6) is 1.40. The number of rotatable bonds is 5. The van der Waals surface area contributed by atoms with E-state index in [2.05, 4.69) is 45.1 Å². The summed E-state index contributed by atoms with van der Waals surface area (Å²) >= 11 is 1.63. The van der Waals surface area contributed by atoms with Crippen LogP contribution in [0, 0.1) is 0 Å². The van der Waals surface area contributed by atoms with Crippen molar-refractivity contribution in [1.82, 2.24) is 30.3 Å². The van der Waals surface area contributed by atoms with Crippen LogP contribution < -0.4 is 16.0 Å². The number of thiazole rings is 1. The largest absolute Gasteiger partial charge is 0.394 e. The van der Waals surface area contributed by atoms with Gasteiger partial charge < -0.3 is 5.11 Å². The fourth-order valence-electron chi connectivity index (χ4n) is 3.22. The number of hydrogen-bond donors (Lipinski definition) is 3. The topological polar surface area (TPSA) is 104 Å². The zero-order valence-electron chi connectivity index (χ0n) is 15.1. The lowest BCUT2D eigenvalue weighted by atomic mass is 10.1. The van der Waals surface area contributed by atoms with Gasteiger partial charge in [-0.3, -0.25) is 15.1 Å². The number of anilines is 2. The number of hydrogen-bond acceptors (Lipinski definition) is 9. The highest BCUT2D eigenvalue weighted by molar-refractivity contribution is 7.16. The van der Waals surface area contributed by atoms with Gasteiger partial charge in [0.2, 0.25) is 0 Å². The van der Waals surface area contributed by atoms with Crippen LogP contribution in [0.3, 0.4) is 0 Å². The van der Waals surface area contributed by atoms with Crippen LogP contribution in [0.4, 0.5) is 11.6 Å². The van der Waals surface area contributed by atoms with Gasteiger partial charge in [-0.05, 0) is 24.6 Å². The number of fused-ring (bicyclic) bond motifs is 2. The molecule has 142 valence electrons. The minimum Gasteiger partial charge on any atom is -0.394 e. The van der Waals surface area contributed by atoms with Gasteiger partial charge in [0.1, 0.15) is 0 Å². The second kappa shape index (κ2) is 6.82. The molecule has 3 aromatic heterocycles. The van der Waals surface area contributed by atoms with E-state index in [4.69, 9.17) is 10.1 Å². The van der Waals surface area contributed by atoms with Gasteiger partial charge in [-0.1, -0.05) is 6.07 Å². The molecule has 4 heterocycles. The lowest BCUT2D eigenvalue weighted by Crippen LogP contribution is -2.38. The fourth-order valence-corrected chi connectivity index (χ4v) is 3.95. The lowest BCUT2D eigenvalue weighted by molar-refractivity contribution is 0.269. The Morgan fingerprint density at radius 2 is 2.18 bits per heavy atom. The molecule has 0 radical (unpaired) electrons. The lowest BCUT2D eigenvalue weighted by Gasteiger charge is -2.25. The van der Waals surface area contributed by atoms with E-state index in [0.29, 0.717) is 12.4 Å². The van der Waals surface area contributed by atoms with Crippen molar-refractivity contribution in [3.05, 3.63) is 47.9 Å². The first-order valence-electron chi connectivity index (χ1n) is 8.88. The molecule has 1 aliphatic rings. The normalized spacial score (nSPS) is 14.3. The quantitative estimate of drug-likeness (QED) is 0.474. The number of nitrogens with one attached hydrogen (secondary N) is 2. The molecule has 0 aliphatic carbocycles. The summed E-state index contributed by atoms with van der Waals surface area (Å²) in [5, 5.41) is 15.3. The summed E-state index contributed by atoms with van der Waals surface area (Å²) in [5.41, 5.74) is 11.8. The Labute approximate surface area is 164 Å². The van der Waals surface area contributed by atoms with Crippen LogP contribution in [-0.4, -0.2) is 36.4 Å². The smallest absolute Gasteiger partial charge is 0.190 e. The molecule has 1 atom stereocenters. The molecule has 1 aliphatic heterocycles. The van der Waals surface area contributed by atoms with Crippen LogP contribution in [0.1, 0.15) is 18.5 Å². The number of benzene rings is 1. The third-order valence-electron chi connectivity index (χ3n) is 4.76. The second-order valence-corrected chi connectivity index (χ2v) is 7.39. The van der Waals surface area contributed by atoms with Crippen molar-refractivity contribution in [2.75, 3.05) is 17.0 Å². The Morgan fingerprint density at radius 1 is 1.25 bits per heavy atom. The first kappa shape index (κ1) is 17.0. The van der Waals surface area contributed by atoms with Gasteiger partial charge in [0.05, 0.1) is 53.0 Å². The van der Waals surface area contributed by atoms with Crippen LogP contribution in [0.5, 0.6) is 0 Å². The zero-order valence-corrected chi connectivity index (χ0v) is 15.9. The second-order valence-electron chi connectivity index (χ2n) is 6.51. The van der Waals surface area contributed by atoms with E-state index in [-0.39, 0.29) is 12.6 Å². The molecule has 9 nitrogen and oxygen atoms in total. The molecule has 1 aromatic carbocycles. The van der Waals surface area contributed by atoms with Gasteiger partial charge >= 0.3 is 0 Å². The minimum atomic E-state index is 0.0295. The summed E-state index contributed by atoms with van der Waals surface area (Å²) in [6, 6.07) is 6.32. The van der Waals surface area contributed by atoms with Crippen molar-refractivity contribution in [1.29, 1.82) is 0 Å².